The van der Waals surface area contributed by atoms with E-state index in [9.17, 15) is 9.59 Å². The molecule has 0 aliphatic heterocycles. The second-order valence-electron chi connectivity index (χ2n) is 7.02. The van der Waals surface area contributed by atoms with Gasteiger partial charge in [-0.05, 0) is 56.5 Å². The third kappa shape index (κ3) is 7.43. The zero-order valence-corrected chi connectivity index (χ0v) is 18.1. The Kier molecular flexibility index (Phi) is 9.71. The van der Waals surface area contributed by atoms with Gasteiger partial charge in [-0.1, -0.05) is 30.3 Å². The summed E-state index contributed by atoms with van der Waals surface area (Å²) >= 11 is 0. The maximum absolute atomic E-state index is 12.9. The molecule has 30 heavy (non-hydrogen) atoms. The van der Waals surface area contributed by atoms with Crippen molar-refractivity contribution in [3.05, 3.63) is 60.2 Å². The van der Waals surface area contributed by atoms with Crippen LogP contribution >= 0.6 is 0 Å². The number of carbonyl (C=O) groups is 2. The molecule has 1 atom stereocenters. The molecular weight excluding hydrogens is 380 g/mol. The molecule has 0 saturated carbocycles. The fraction of sp³-hybridized carbons (Fsp3) is 0.417. The number of benzene rings is 2. The molecule has 162 valence electrons. The largest absolute Gasteiger partial charge is 0.497 e. The molecule has 0 saturated heterocycles. The molecule has 1 unspecified atom stereocenters. The second-order valence-corrected chi connectivity index (χ2v) is 7.02. The second kappa shape index (κ2) is 12.5. The lowest BCUT2D eigenvalue weighted by Gasteiger charge is -2.28. The molecule has 0 fully saturated rings. The first kappa shape index (κ1) is 23.3. The normalized spacial score (nSPS) is 11.4. The summed E-state index contributed by atoms with van der Waals surface area (Å²) in [4.78, 5) is 26.9. The molecule has 0 radical (unpaired) electrons. The molecule has 0 spiro atoms. The predicted molar refractivity (Wildman–Crippen MR) is 118 cm³/mol. The fourth-order valence-corrected chi connectivity index (χ4v) is 3.12. The topological polar surface area (TPSA) is 67.9 Å². The van der Waals surface area contributed by atoms with Crippen LogP contribution < -0.4 is 14.8 Å². The van der Waals surface area contributed by atoms with Crippen LogP contribution in [0.3, 0.4) is 0 Å². The van der Waals surface area contributed by atoms with Gasteiger partial charge in [-0.3, -0.25) is 9.59 Å². The molecule has 2 rings (SSSR count). The van der Waals surface area contributed by atoms with Crippen molar-refractivity contribution in [1.29, 1.82) is 0 Å². The van der Waals surface area contributed by atoms with E-state index < -0.39 is 6.04 Å². The molecule has 1 N–H and O–H groups in total. The van der Waals surface area contributed by atoms with Gasteiger partial charge < -0.3 is 19.7 Å². The Labute approximate surface area is 179 Å². The minimum atomic E-state index is -0.510. The number of ether oxygens (including phenoxy) is 2. The van der Waals surface area contributed by atoms with Gasteiger partial charge in [0.05, 0.1) is 13.7 Å². The van der Waals surface area contributed by atoms with Gasteiger partial charge in [-0.25, -0.2) is 0 Å². The fourth-order valence-electron chi connectivity index (χ4n) is 3.12. The van der Waals surface area contributed by atoms with Crippen LogP contribution in [-0.2, 0) is 16.0 Å². The van der Waals surface area contributed by atoms with E-state index in [1.165, 1.54) is 0 Å². The van der Waals surface area contributed by atoms with Gasteiger partial charge in [-0.2, -0.15) is 0 Å². The van der Waals surface area contributed by atoms with Crippen molar-refractivity contribution < 1.29 is 19.1 Å². The number of nitrogens with one attached hydrogen (secondary N) is 1. The minimum Gasteiger partial charge on any atom is -0.497 e. The Balaban J connectivity index is 1.89. The van der Waals surface area contributed by atoms with Crippen LogP contribution in [0.25, 0.3) is 0 Å². The quantitative estimate of drug-likeness (QED) is 0.542. The van der Waals surface area contributed by atoms with Crippen molar-refractivity contribution >= 4 is 11.8 Å². The van der Waals surface area contributed by atoms with Gasteiger partial charge in [0.15, 0.2) is 0 Å². The Bertz CT molecular complexity index is 778. The molecule has 6 heteroatoms. The molecule has 0 aliphatic carbocycles. The zero-order valence-electron chi connectivity index (χ0n) is 18.1. The molecule has 0 aliphatic rings. The summed E-state index contributed by atoms with van der Waals surface area (Å²) < 4.78 is 10.8. The highest BCUT2D eigenvalue weighted by Gasteiger charge is 2.25. The van der Waals surface area contributed by atoms with E-state index in [0.29, 0.717) is 39.0 Å². The molecule has 0 aromatic heterocycles. The summed E-state index contributed by atoms with van der Waals surface area (Å²) in [6.07, 6.45) is 1.61. The zero-order chi connectivity index (χ0) is 21.8. The molecule has 6 nitrogen and oxygen atoms in total. The van der Waals surface area contributed by atoms with Gasteiger partial charge in [0.1, 0.15) is 17.5 Å². The summed E-state index contributed by atoms with van der Waals surface area (Å²) in [5.74, 6) is 1.34. The Hall–Kier alpha value is -3.02. The number of hydrogen-bond acceptors (Lipinski definition) is 4. The summed E-state index contributed by atoms with van der Waals surface area (Å²) in [5, 5.41) is 2.81. The molecule has 2 aromatic carbocycles. The lowest BCUT2D eigenvalue weighted by molar-refractivity contribution is -0.140. The van der Waals surface area contributed by atoms with Crippen molar-refractivity contribution in [3.8, 4) is 11.5 Å². The van der Waals surface area contributed by atoms with E-state index in [4.69, 9.17) is 9.47 Å². The summed E-state index contributed by atoms with van der Waals surface area (Å²) in [6.45, 7) is 5.12. The molecule has 0 bridgehead atoms. The van der Waals surface area contributed by atoms with E-state index in [1.54, 1.807) is 18.9 Å². The van der Waals surface area contributed by atoms with E-state index in [-0.39, 0.29) is 11.8 Å². The molecule has 2 aromatic rings. The highest BCUT2D eigenvalue weighted by atomic mass is 16.5. The van der Waals surface area contributed by atoms with Crippen LogP contribution in [0.15, 0.2) is 54.6 Å². The summed E-state index contributed by atoms with van der Waals surface area (Å²) in [5.41, 5.74) is 1.14. The lowest BCUT2D eigenvalue weighted by atomic mass is 10.1. The van der Waals surface area contributed by atoms with Gasteiger partial charge in [0, 0.05) is 19.5 Å². The average Bonchev–Trinajstić information content (AvgIpc) is 2.78. The van der Waals surface area contributed by atoms with E-state index in [1.807, 2.05) is 61.5 Å². The summed E-state index contributed by atoms with van der Waals surface area (Å²) in [7, 11) is 1.62. The number of amides is 2. The van der Waals surface area contributed by atoms with Crippen molar-refractivity contribution in [1.82, 2.24) is 10.2 Å². The maximum atomic E-state index is 12.9. The van der Waals surface area contributed by atoms with Crippen LogP contribution in [0.5, 0.6) is 11.5 Å². The third-order valence-electron chi connectivity index (χ3n) is 4.87. The van der Waals surface area contributed by atoms with E-state index in [2.05, 4.69) is 5.32 Å². The highest BCUT2D eigenvalue weighted by Crippen LogP contribution is 2.17. The first-order valence-corrected chi connectivity index (χ1v) is 10.4. The van der Waals surface area contributed by atoms with Crippen molar-refractivity contribution in [2.45, 2.75) is 39.2 Å². The lowest BCUT2D eigenvalue weighted by Crippen LogP contribution is -2.48. The Morgan fingerprint density at radius 1 is 1.03 bits per heavy atom. The highest BCUT2D eigenvalue weighted by molar-refractivity contribution is 5.87. The van der Waals surface area contributed by atoms with Gasteiger partial charge in [0.25, 0.3) is 0 Å². The van der Waals surface area contributed by atoms with Crippen molar-refractivity contribution in [3.63, 3.8) is 0 Å². The van der Waals surface area contributed by atoms with Gasteiger partial charge in [0.2, 0.25) is 11.8 Å². The number of likely N-dealkylation sites (N-methyl/N-ethyl adjacent to an activating group) is 1. The number of methoxy groups -OCH3 is 1. The molecule has 2 amide bonds. The molecule has 0 heterocycles. The van der Waals surface area contributed by atoms with Crippen LogP contribution in [-0.4, -0.2) is 49.6 Å². The third-order valence-corrected chi connectivity index (χ3v) is 4.87. The number of nitrogens with zero attached hydrogens (tertiary/aromatic N) is 1. The number of rotatable bonds is 12. The van der Waals surface area contributed by atoms with Crippen molar-refractivity contribution in [2.24, 2.45) is 0 Å². The number of carbonyl (C=O) groups excluding carboxylic acids is 2. The SMILES string of the molecule is CCNC(=O)C(C)N(CCc1ccccc1)C(=O)CCCOc1ccc(OC)cc1. The first-order valence-electron chi connectivity index (χ1n) is 10.4. The predicted octanol–water partition coefficient (Wildman–Crippen LogP) is 3.45. The van der Waals surface area contributed by atoms with Crippen LogP contribution in [0, 0.1) is 0 Å². The van der Waals surface area contributed by atoms with E-state index >= 15 is 0 Å². The van der Waals surface area contributed by atoms with E-state index in [0.717, 1.165) is 17.1 Å². The van der Waals surface area contributed by atoms with Crippen molar-refractivity contribution in [2.75, 3.05) is 26.8 Å². The van der Waals surface area contributed by atoms with Crippen LogP contribution in [0.1, 0.15) is 32.3 Å². The molecular formula is C24H32N2O4. The van der Waals surface area contributed by atoms with Gasteiger partial charge >= 0.3 is 0 Å². The minimum absolute atomic E-state index is 0.0389. The number of hydrogen-bond donors (Lipinski definition) is 1. The maximum Gasteiger partial charge on any atom is 0.242 e. The van der Waals surface area contributed by atoms with Gasteiger partial charge in [-0.15, -0.1) is 0 Å². The average molecular weight is 413 g/mol. The standard InChI is InChI=1S/C24H32N2O4/c1-4-25-24(28)19(2)26(17-16-20-9-6-5-7-10-20)23(27)11-8-18-30-22-14-12-21(29-3)13-15-22/h5-7,9-10,12-15,19H,4,8,11,16-18H2,1-3H3,(H,25,28). The Morgan fingerprint density at radius 2 is 1.70 bits per heavy atom. The monoisotopic (exact) mass is 412 g/mol. The smallest absolute Gasteiger partial charge is 0.242 e. The Morgan fingerprint density at radius 3 is 2.33 bits per heavy atom. The summed E-state index contributed by atoms with van der Waals surface area (Å²) in [6, 6.07) is 16.8. The van der Waals surface area contributed by atoms with Crippen LogP contribution in [0.4, 0.5) is 0 Å². The van der Waals surface area contributed by atoms with Crippen LogP contribution in [0.2, 0.25) is 0 Å². The first-order chi connectivity index (χ1) is 14.5.